The molecule has 1 saturated heterocycles. The number of benzene rings is 3. The lowest BCUT2D eigenvalue weighted by atomic mass is 9.98. The van der Waals surface area contributed by atoms with Crippen molar-refractivity contribution < 1.29 is 19.0 Å². The Bertz CT molecular complexity index is 934. The molecule has 0 bridgehead atoms. The van der Waals surface area contributed by atoms with Crippen LogP contribution in [-0.2, 0) is 4.74 Å². The third-order valence-electron chi connectivity index (χ3n) is 5.78. The molecule has 0 saturated carbocycles. The first-order chi connectivity index (χ1) is 16.1. The van der Waals surface area contributed by atoms with Crippen molar-refractivity contribution in [1.29, 1.82) is 0 Å². The van der Waals surface area contributed by atoms with E-state index in [1.54, 1.807) is 17.0 Å². The SMILES string of the molecule is CCC(c1ccc(-c2ccc(F)cc2)cc1)N1CCC(CCCO)OC1=O.c1ccccc1. The summed E-state index contributed by atoms with van der Waals surface area (Å²) in [6.45, 7) is 2.84. The van der Waals surface area contributed by atoms with Crippen LogP contribution in [0.2, 0.25) is 0 Å². The number of hydrogen-bond donors (Lipinski definition) is 1. The predicted molar refractivity (Wildman–Crippen MR) is 129 cm³/mol. The van der Waals surface area contributed by atoms with Gasteiger partial charge in [0.15, 0.2) is 0 Å². The highest BCUT2D eigenvalue weighted by molar-refractivity contribution is 5.69. The molecule has 3 aromatic carbocycles. The molecule has 33 heavy (non-hydrogen) atoms. The Morgan fingerprint density at radius 2 is 1.52 bits per heavy atom. The van der Waals surface area contributed by atoms with Crippen molar-refractivity contribution in [1.82, 2.24) is 4.90 Å². The van der Waals surface area contributed by atoms with Crippen LogP contribution in [0.3, 0.4) is 0 Å². The van der Waals surface area contributed by atoms with Crippen LogP contribution in [0.25, 0.3) is 11.1 Å². The van der Waals surface area contributed by atoms with Gasteiger partial charge in [0.2, 0.25) is 0 Å². The number of hydrogen-bond acceptors (Lipinski definition) is 3. The summed E-state index contributed by atoms with van der Waals surface area (Å²) in [6.07, 6.45) is 2.57. The van der Waals surface area contributed by atoms with E-state index in [1.807, 2.05) is 60.7 Å². The number of amides is 1. The number of nitrogens with zero attached hydrogens (tertiary/aromatic N) is 1. The van der Waals surface area contributed by atoms with Gasteiger partial charge in [-0.05, 0) is 48.1 Å². The van der Waals surface area contributed by atoms with E-state index in [2.05, 4.69) is 6.92 Å². The number of aliphatic hydroxyl groups is 1. The van der Waals surface area contributed by atoms with Crippen LogP contribution in [-0.4, -0.2) is 35.4 Å². The van der Waals surface area contributed by atoms with E-state index in [0.29, 0.717) is 19.4 Å². The third kappa shape index (κ3) is 7.16. The van der Waals surface area contributed by atoms with E-state index < -0.39 is 0 Å². The van der Waals surface area contributed by atoms with Crippen molar-refractivity contribution in [3.63, 3.8) is 0 Å². The first-order valence-corrected chi connectivity index (χ1v) is 11.6. The summed E-state index contributed by atoms with van der Waals surface area (Å²) in [7, 11) is 0. The van der Waals surface area contributed by atoms with E-state index in [-0.39, 0.29) is 30.7 Å². The molecule has 4 nitrogen and oxygen atoms in total. The molecule has 0 aliphatic carbocycles. The van der Waals surface area contributed by atoms with E-state index in [0.717, 1.165) is 29.5 Å². The number of cyclic esters (lactones) is 1. The van der Waals surface area contributed by atoms with Crippen molar-refractivity contribution in [3.8, 4) is 11.1 Å². The van der Waals surface area contributed by atoms with E-state index in [9.17, 15) is 9.18 Å². The zero-order chi connectivity index (χ0) is 23.5. The fraction of sp³-hybridized carbons (Fsp3) is 0.321. The van der Waals surface area contributed by atoms with Crippen LogP contribution in [0.1, 0.15) is 44.2 Å². The fourth-order valence-corrected chi connectivity index (χ4v) is 4.01. The predicted octanol–water partition coefficient (Wildman–Crippen LogP) is 6.61. The van der Waals surface area contributed by atoms with Gasteiger partial charge < -0.3 is 14.7 Å². The van der Waals surface area contributed by atoms with Gasteiger partial charge in [0.25, 0.3) is 0 Å². The summed E-state index contributed by atoms with van der Waals surface area (Å²) in [4.78, 5) is 14.3. The van der Waals surface area contributed by atoms with Gasteiger partial charge in [-0.25, -0.2) is 9.18 Å². The lowest BCUT2D eigenvalue weighted by Gasteiger charge is -2.37. The summed E-state index contributed by atoms with van der Waals surface area (Å²) in [5, 5.41) is 8.94. The number of rotatable bonds is 7. The average molecular weight is 450 g/mol. The van der Waals surface area contributed by atoms with Crippen LogP contribution in [0.4, 0.5) is 9.18 Å². The third-order valence-corrected chi connectivity index (χ3v) is 5.78. The molecule has 1 N–H and O–H groups in total. The number of carbonyl (C=O) groups excluding carboxylic acids is 1. The number of halogens is 1. The Balaban J connectivity index is 0.000000442. The molecule has 2 unspecified atom stereocenters. The molecule has 0 radical (unpaired) electrons. The minimum atomic E-state index is -0.279. The second-order valence-corrected chi connectivity index (χ2v) is 8.06. The molecule has 3 aromatic rings. The van der Waals surface area contributed by atoms with Crippen molar-refractivity contribution >= 4 is 6.09 Å². The number of carbonyl (C=O) groups is 1. The standard InChI is InChI=1S/C22H26FNO3.C6H6/c1-2-21(24-14-13-20(4-3-15-25)27-22(24)26)18-7-5-16(6-8-18)17-9-11-19(23)12-10-17;1-2-4-6-5-3-1/h5-12,20-21,25H,2-4,13-15H2,1H3;1-6H. The van der Waals surface area contributed by atoms with Crippen LogP contribution in [0.5, 0.6) is 0 Å². The molecule has 0 spiro atoms. The van der Waals surface area contributed by atoms with Gasteiger partial charge in [-0.15, -0.1) is 0 Å². The van der Waals surface area contributed by atoms with Gasteiger partial charge in [0.1, 0.15) is 11.9 Å². The van der Waals surface area contributed by atoms with Crippen LogP contribution in [0.15, 0.2) is 84.9 Å². The zero-order valence-corrected chi connectivity index (χ0v) is 19.1. The topological polar surface area (TPSA) is 49.8 Å². The summed E-state index contributed by atoms with van der Waals surface area (Å²) >= 11 is 0. The Kier molecular flexibility index (Phi) is 9.45. The molecule has 174 valence electrons. The largest absolute Gasteiger partial charge is 0.446 e. The van der Waals surface area contributed by atoms with Gasteiger partial charge in [-0.3, -0.25) is 0 Å². The minimum Gasteiger partial charge on any atom is -0.446 e. The molecular weight excluding hydrogens is 417 g/mol. The molecule has 0 aromatic heterocycles. The minimum absolute atomic E-state index is 0.0291. The van der Waals surface area contributed by atoms with E-state index >= 15 is 0 Å². The molecule has 4 rings (SSSR count). The molecule has 1 aliphatic rings. The van der Waals surface area contributed by atoms with E-state index in [4.69, 9.17) is 9.84 Å². The summed E-state index contributed by atoms with van der Waals surface area (Å²) in [6, 6.07) is 26.5. The molecule has 1 aliphatic heterocycles. The second kappa shape index (κ2) is 12.8. The van der Waals surface area contributed by atoms with Gasteiger partial charge in [-0.1, -0.05) is 79.7 Å². The highest BCUT2D eigenvalue weighted by atomic mass is 19.1. The first-order valence-electron chi connectivity index (χ1n) is 11.6. The quantitative estimate of drug-likeness (QED) is 0.441. The average Bonchev–Trinajstić information content (AvgIpc) is 2.87. The maximum Gasteiger partial charge on any atom is 0.410 e. The first kappa shape index (κ1) is 24.5. The Morgan fingerprint density at radius 1 is 0.970 bits per heavy atom. The smallest absolute Gasteiger partial charge is 0.410 e. The molecule has 5 heteroatoms. The summed E-state index contributed by atoms with van der Waals surface area (Å²) in [5.74, 6) is -0.248. The lowest BCUT2D eigenvalue weighted by molar-refractivity contribution is 0.00468. The van der Waals surface area contributed by atoms with Crippen molar-refractivity contribution in [3.05, 3.63) is 96.3 Å². The molecule has 1 amide bonds. The van der Waals surface area contributed by atoms with Crippen LogP contribution in [0, 0.1) is 5.82 Å². The fourth-order valence-electron chi connectivity index (χ4n) is 4.01. The normalized spacial score (nSPS) is 16.4. The number of ether oxygens (including phenoxy) is 1. The summed E-state index contributed by atoms with van der Waals surface area (Å²) < 4.78 is 18.6. The monoisotopic (exact) mass is 449 g/mol. The number of aliphatic hydroxyl groups excluding tert-OH is 1. The van der Waals surface area contributed by atoms with Gasteiger partial charge in [-0.2, -0.15) is 0 Å². The molecule has 1 fully saturated rings. The second-order valence-electron chi connectivity index (χ2n) is 8.06. The lowest BCUT2D eigenvalue weighted by Crippen LogP contribution is -2.43. The molecule has 1 heterocycles. The maximum absolute atomic E-state index is 13.1. The maximum atomic E-state index is 13.1. The van der Waals surface area contributed by atoms with Gasteiger partial charge >= 0.3 is 6.09 Å². The highest BCUT2D eigenvalue weighted by Crippen LogP contribution is 2.30. The Morgan fingerprint density at radius 3 is 2.00 bits per heavy atom. The highest BCUT2D eigenvalue weighted by Gasteiger charge is 2.31. The van der Waals surface area contributed by atoms with Crippen molar-refractivity contribution in [2.75, 3.05) is 13.2 Å². The van der Waals surface area contributed by atoms with Crippen molar-refractivity contribution in [2.24, 2.45) is 0 Å². The van der Waals surface area contributed by atoms with Gasteiger partial charge in [0, 0.05) is 19.6 Å². The van der Waals surface area contributed by atoms with Gasteiger partial charge in [0.05, 0.1) is 6.04 Å². The van der Waals surface area contributed by atoms with E-state index in [1.165, 1.54) is 12.1 Å². The molecule has 2 atom stereocenters. The Hall–Kier alpha value is -3.18. The summed E-state index contributed by atoms with van der Waals surface area (Å²) in [5.41, 5.74) is 3.04. The van der Waals surface area contributed by atoms with Crippen molar-refractivity contribution in [2.45, 2.75) is 44.8 Å². The Labute approximate surface area is 195 Å². The zero-order valence-electron chi connectivity index (χ0n) is 19.1. The van der Waals surface area contributed by atoms with Crippen LogP contribution >= 0.6 is 0 Å². The van der Waals surface area contributed by atoms with Crippen LogP contribution < -0.4 is 0 Å². The molecular formula is C28H32FNO3.